The number of rotatable bonds is 6. The molecular formula is C23H17N5O3S. The van der Waals surface area contributed by atoms with Gasteiger partial charge in [-0.15, -0.1) is 10.2 Å². The van der Waals surface area contributed by atoms with E-state index in [1.807, 2.05) is 54.6 Å². The Hall–Kier alpha value is -4.24. The highest BCUT2D eigenvalue weighted by Gasteiger charge is 2.12. The Balaban J connectivity index is 1.33. The maximum absolute atomic E-state index is 12.5. The zero-order chi connectivity index (χ0) is 21.9. The van der Waals surface area contributed by atoms with Crippen LogP contribution in [0, 0.1) is 0 Å². The molecule has 0 unspecified atom stereocenters. The van der Waals surface area contributed by atoms with Gasteiger partial charge in [0.15, 0.2) is 0 Å². The predicted octanol–water partition coefficient (Wildman–Crippen LogP) is 4.77. The van der Waals surface area contributed by atoms with E-state index in [4.69, 9.17) is 9.15 Å². The summed E-state index contributed by atoms with van der Waals surface area (Å²) in [6, 6.07) is 19.0. The average Bonchev–Trinajstić information content (AvgIpc) is 3.55. The zero-order valence-electron chi connectivity index (χ0n) is 16.9. The van der Waals surface area contributed by atoms with E-state index in [1.54, 1.807) is 30.1 Å². The SMILES string of the molecule is COc1ccc(-c2nn3cnnc3s2)cc1NC(=O)/C=C/c1ccc(-c2ccccc2)o1. The van der Waals surface area contributed by atoms with Crippen molar-refractivity contribution in [2.45, 2.75) is 0 Å². The van der Waals surface area contributed by atoms with Crippen LogP contribution >= 0.6 is 11.3 Å². The summed E-state index contributed by atoms with van der Waals surface area (Å²) in [6.45, 7) is 0. The lowest BCUT2D eigenvalue weighted by atomic mass is 10.2. The van der Waals surface area contributed by atoms with Gasteiger partial charge in [0.05, 0.1) is 12.8 Å². The van der Waals surface area contributed by atoms with Crippen molar-refractivity contribution in [3.63, 3.8) is 0 Å². The molecule has 0 aliphatic heterocycles. The van der Waals surface area contributed by atoms with Crippen LogP contribution in [0.2, 0.25) is 0 Å². The molecule has 0 saturated heterocycles. The second-order valence-electron chi connectivity index (χ2n) is 6.77. The molecule has 8 nitrogen and oxygen atoms in total. The maximum atomic E-state index is 12.5. The van der Waals surface area contributed by atoms with Crippen LogP contribution in [0.3, 0.4) is 0 Å². The molecule has 3 aromatic heterocycles. The summed E-state index contributed by atoms with van der Waals surface area (Å²) in [7, 11) is 1.55. The van der Waals surface area contributed by atoms with Gasteiger partial charge < -0.3 is 14.5 Å². The third-order valence-electron chi connectivity index (χ3n) is 4.68. The molecule has 0 aliphatic rings. The Morgan fingerprint density at radius 1 is 1.12 bits per heavy atom. The number of aromatic nitrogens is 4. The van der Waals surface area contributed by atoms with E-state index in [1.165, 1.54) is 17.4 Å². The number of anilines is 1. The second-order valence-corrected chi connectivity index (χ2v) is 7.73. The molecule has 2 aromatic carbocycles. The minimum absolute atomic E-state index is 0.309. The number of amides is 1. The summed E-state index contributed by atoms with van der Waals surface area (Å²) in [5, 5.41) is 15.9. The number of carbonyl (C=O) groups excluding carboxylic acids is 1. The maximum Gasteiger partial charge on any atom is 0.248 e. The third-order valence-corrected chi connectivity index (χ3v) is 5.64. The molecule has 5 rings (SSSR count). The highest BCUT2D eigenvalue weighted by Crippen LogP contribution is 2.32. The van der Waals surface area contributed by atoms with Gasteiger partial charge in [0.1, 0.15) is 28.6 Å². The fourth-order valence-corrected chi connectivity index (χ4v) is 3.96. The Bertz CT molecular complexity index is 1390. The van der Waals surface area contributed by atoms with Gasteiger partial charge in [0, 0.05) is 17.2 Å². The van der Waals surface area contributed by atoms with Crippen molar-refractivity contribution in [1.29, 1.82) is 0 Å². The Kier molecular flexibility index (Phi) is 5.22. The lowest BCUT2D eigenvalue weighted by Crippen LogP contribution is -2.09. The fraction of sp³-hybridized carbons (Fsp3) is 0.0435. The number of fused-ring (bicyclic) bond motifs is 1. The molecule has 0 atom stereocenters. The van der Waals surface area contributed by atoms with Crippen molar-refractivity contribution in [1.82, 2.24) is 19.8 Å². The Labute approximate surface area is 186 Å². The van der Waals surface area contributed by atoms with E-state index in [0.29, 0.717) is 22.2 Å². The van der Waals surface area contributed by atoms with E-state index < -0.39 is 0 Å². The van der Waals surface area contributed by atoms with E-state index in [9.17, 15) is 4.79 Å². The lowest BCUT2D eigenvalue weighted by molar-refractivity contribution is -0.111. The quantitative estimate of drug-likeness (QED) is 0.380. The number of carbonyl (C=O) groups is 1. The van der Waals surface area contributed by atoms with Crippen molar-refractivity contribution < 1.29 is 13.9 Å². The molecule has 32 heavy (non-hydrogen) atoms. The summed E-state index contributed by atoms with van der Waals surface area (Å²) in [5.41, 5.74) is 2.35. The number of furan rings is 1. The summed E-state index contributed by atoms with van der Waals surface area (Å²) in [4.78, 5) is 13.2. The number of nitrogens with zero attached hydrogens (tertiary/aromatic N) is 4. The van der Waals surface area contributed by atoms with Gasteiger partial charge in [0.2, 0.25) is 10.9 Å². The standard InChI is InChI=1S/C23H17N5O3S/c1-30-20-10-7-16(22-27-28-14-24-26-23(28)32-22)13-18(20)25-21(29)12-9-17-8-11-19(31-17)15-5-3-2-4-6-15/h2-14H,1H3,(H,25,29)/b12-9+. The molecule has 0 spiro atoms. The van der Waals surface area contributed by atoms with Crippen LogP contribution in [0.15, 0.2) is 77.5 Å². The molecule has 0 radical (unpaired) electrons. The first kappa shape index (κ1) is 19.7. The Morgan fingerprint density at radius 2 is 2.00 bits per heavy atom. The lowest BCUT2D eigenvalue weighted by Gasteiger charge is -2.10. The van der Waals surface area contributed by atoms with Crippen LogP contribution in [-0.4, -0.2) is 32.8 Å². The summed E-state index contributed by atoms with van der Waals surface area (Å²) < 4.78 is 12.8. The first-order chi connectivity index (χ1) is 15.7. The van der Waals surface area contributed by atoms with Crippen LogP contribution in [-0.2, 0) is 4.79 Å². The summed E-state index contributed by atoms with van der Waals surface area (Å²) in [5.74, 6) is 1.56. The molecule has 0 aliphatic carbocycles. The van der Waals surface area contributed by atoms with Gasteiger partial charge in [0.25, 0.3) is 0 Å². The van der Waals surface area contributed by atoms with Crippen LogP contribution < -0.4 is 10.1 Å². The molecule has 1 N–H and O–H groups in total. The third kappa shape index (κ3) is 4.01. The number of ether oxygens (including phenoxy) is 1. The van der Waals surface area contributed by atoms with Crippen molar-refractivity contribution >= 4 is 34.0 Å². The summed E-state index contributed by atoms with van der Waals surface area (Å²) >= 11 is 1.40. The van der Waals surface area contributed by atoms with E-state index in [0.717, 1.165) is 21.9 Å². The van der Waals surface area contributed by atoms with Crippen LogP contribution in [0.4, 0.5) is 5.69 Å². The summed E-state index contributed by atoms with van der Waals surface area (Å²) in [6.07, 6.45) is 4.59. The topological polar surface area (TPSA) is 94.5 Å². The number of nitrogens with one attached hydrogen (secondary N) is 1. The van der Waals surface area contributed by atoms with Gasteiger partial charge in [-0.1, -0.05) is 41.7 Å². The molecule has 0 saturated carbocycles. The van der Waals surface area contributed by atoms with E-state index in [-0.39, 0.29) is 5.91 Å². The Morgan fingerprint density at radius 3 is 2.81 bits per heavy atom. The molecule has 0 fully saturated rings. The van der Waals surface area contributed by atoms with Crippen molar-refractivity contribution in [3.8, 4) is 27.6 Å². The number of hydrogen-bond donors (Lipinski definition) is 1. The first-order valence-electron chi connectivity index (χ1n) is 9.69. The highest BCUT2D eigenvalue weighted by molar-refractivity contribution is 7.19. The monoisotopic (exact) mass is 443 g/mol. The molecule has 0 bridgehead atoms. The number of hydrogen-bond acceptors (Lipinski definition) is 7. The normalized spacial score (nSPS) is 11.3. The van der Waals surface area contributed by atoms with Gasteiger partial charge >= 0.3 is 0 Å². The minimum atomic E-state index is -0.309. The minimum Gasteiger partial charge on any atom is -0.495 e. The molecule has 9 heteroatoms. The average molecular weight is 443 g/mol. The predicted molar refractivity (Wildman–Crippen MR) is 122 cm³/mol. The first-order valence-corrected chi connectivity index (χ1v) is 10.5. The molecule has 3 heterocycles. The van der Waals surface area contributed by atoms with E-state index in [2.05, 4.69) is 20.6 Å². The fourth-order valence-electron chi connectivity index (χ4n) is 3.15. The molecular weight excluding hydrogens is 426 g/mol. The van der Waals surface area contributed by atoms with Gasteiger partial charge in [-0.05, 0) is 36.4 Å². The number of benzene rings is 2. The molecule has 1 amide bonds. The highest BCUT2D eigenvalue weighted by atomic mass is 32.1. The van der Waals surface area contributed by atoms with Crippen LogP contribution in [0.25, 0.3) is 32.9 Å². The second kappa shape index (κ2) is 8.48. The van der Waals surface area contributed by atoms with Crippen LogP contribution in [0.5, 0.6) is 5.75 Å². The van der Waals surface area contributed by atoms with Crippen molar-refractivity contribution in [2.24, 2.45) is 0 Å². The molecule has 5 aromatic rings. The van der Waals surface area contributed by atoms with Crippen molar-refractivity contribution in [3.05, 3.63) is 78.8 Å². The molecule has 158 valence electrons. The van der Waals surface area contributed by atoms with Crippen LogP contribution in [0.1, 0.15) is 5.76 Å². The van der Waals surface area contributed by atoms with E-state index >= 15 is 0 Å². The van der Waals surface area contributed by atoms with Gasteiger partial charge in [-0.3, -0.25) is 4.79 Å². The number of methoxy groups -OCH3 is 1. The smallest absolute Gasteiger partial charge is 0.248 e. The van der Waals surface area contributed by atoms with Crippen molar-refractivity contribution in [2.75, 3.05) is 12.4 Å². The zero-order valence-corrected chi connectivity index (χ0v) is 17.7. The van der Waals surface area contributed by atoms with Gasteiger partial charge in [-0.2, -0.15) is 9.61 Å². The largest absolute Gasteiger partial charge is 0.495 e. The van der Waals surface area contributed by atoms with Gasteiger partial charge in [-0.25, -0.2) is 0 Å².